The van der Waals surface area contributed by atoms with Crippen LogP contribution in [0.1, 0.15) is 11.1 Å². The molecule has 2 aliphatic heterocycles. The maximum Gasteiger partial charge on any atom is 0.283 e. The number of carbonyl (C=O) groups excluding carboxylic acids is 1. The lowest BCUT2D eigenvalue weighted by Crippen LogP contribution is -2.38. The lowest BCUT2D eigenvalue weighted by molar-refractivity contribution is -0.114. The SMILES string of the molecule is COc1ccccc1OCCOc1ccc(/C=C2/C(=N)N3C(c4ccccc4)=CSC3=NC2=O)cc1. The number of ether oxygens (including phenoxy) is 3. The highest BCUT2D eigenvalue weighted by atomic mass is 32.2. The lowest BCUT2D eigenvalue weighted by Gasteiger charge is -2.26. The van der Waals surface area contributed by atoms with Crippen LogP contribution in [0.25, 0.3) is 11.8 Å². The molecule has 7 nitrogen and oxygen atoms in total. The molecule has 2 aliphatic rings. The highest BCUT2D eigenvalue weighted by Gasteiger charge is 2.36. The third kappa shape index (κ3) is 4.89. The average molecular weight is 498 g/mol. The van der Waals surface area contributed by atoms with Gasteiger partial charge in [-0.2, -0.15) is 4.99 Å². The smallest absolute Gasteiger partial charge is 0.283 e. The summed E-state index contributed by atoms with van der Waals surface area (Å²) in [6.45, 7) is 0.726. The first-order valence-corrected chi connectivity index (χ1v) is 12.2. The third-order valence-corrected chi connectivity index (χ3v) is 6.38. The summed E-state index contributed by atoms with van der Waals surface area (Å²) in [6.07, 6.45) is 1.69. The minimum Gasteiger partial charge on any atom is -0.493 e. The molecule has 3 aromatic rings. The fraction of sp³-hybridized carbons (Fsp3) is 0.107. The summed E-state index contributed by atoms with van der Waals surface area (Å²) < 4.78 is 16.8. The van der Waals surface area contributed by atoms with E-state index in [-0.39, 0.29) is 11.4 Å². The van der Waals surface area contributed by atoms with Crippen LogP contribution in [0.5, 0.6) is 17.2 Å². The van der Waals surface area contributed by atoms with Crippen LogP contribution >= 0.6 is 11.8 Å². The molecule has 3 aromatic carbocycles. The van der Waals surface area contributed by atoms with Crippen molar-refractivity contribution in [3.63, 3.8) is 0 Å². The Balaban J connectivity index is 1.23. The number of amidine groups is 2. The number of benzene rings is 3. The zero-order chi connectivity index (χ0) is 24.9. The van der Waals surface area contributed by atoms with Crippen molar-refractivity contribution in [2.45, 2.75) is 0 Å². The summed E-state index contributed by atoms with van der Waals surface area (Å²) >= 11 is 1.35. The van der Waals surface area contributed by atoms with E-state index in [1.165, 1.54) is 11.8 Å². The van der Waals surface area contributed by atoms with Crippen LogP contribution in [-0.2, 0) is 4.79 Å². The number of hydrogen-bond acceptors (Lipinski definition) is 6. The van der Waals surface area contributed by atoms with E-state index >= 15 is 0 Å². The summed E-state index contributed by atoms with van der Waals surface area (Å²) in [5.41, 5.74) is 2.81. The fourth-order valence-electron chi connectivity index (χ4n) is 3.79. The molecule has 0 bridgehead atoms. The van der Waals surface area contributed by atoms with Gasteiger partial charge in [-0.3, -0.25) is 15.1 Å². The molecule has 0 unspecified atom stereocenters. The number of carbonyl (C=O) groups is 1. The first kappa shape index (κ1) is 23.4. The Morgan fingerprint density at radius 3 is 2.36 bits per heavy atom. The van der Waals surface area contributed by atoms with E-state index in [0.29, 0.717) is 35.6 Å². The van der Waals surface area contributed by atoms with Gasteiger partial charge in [-0.1, -0.05) is 66.4 Å². The molecule has 0 atom stereocenters. The molecule has 0 saturated carbocycles. The van der Waals surface area contributed by atoms with Crippen molar-refractivity contribution in [2.75, 3.05) is 20.3 Å². The second-order valence-corrected chi connectivity index (χ2v) is 8.68. The Bertz CT molecular complexity index is 1380. The summed E-state index contributed by atoms with van der Waals surface area (Å²) in [6, 6.07) is 24.6. The Labute approximate surface area is 213 Å². The minimum atomic E-state index is -0.421. The van der Waals surface area contributed by atoms with Crippen molar-refractivity contribution < 1.29 is 19.0 Å². The van der Waals surface area contributed by atoms with Gasteiger partial charge in [-0.25, -0.2) is 0 Å². The maximum absolute atomic E-state index is 12.7. The lowest BCUT2D eigenvalue weighted by atomic mass is 10.1. The van der Waals surface area contributed by atoms with Gasteiger partial charge in [0.25, 0.3) is 5.91 Å². The summed E-state index contributed by atoms with van der Waals surface area (Å²) in [4.78, 5) is 18.6. The number of fused-ring (bicyclic) bond motifs is 1. The average Bonchev–Trinajstić information content (AvgIpc) is 3.34. The van der Waals surface area contributed by atoms with Gasteiger partial charge in [0, 0.05) is 5.41 Å². The van der Waals surface area contributed by atoms with Gasteiger partial charge in [-0.15, -0.1) is 0 Å². The van der Waals surface area contributed by atoms with Gasteiger partial charge in [0.05, 0.1) is 18.4 Å². The third-order valence-electron chi connectivity index (χ3n) is 5.55. The highest BCUT2D eigenvalue weighted by molar-refractivity contribution is 8.17. The number of thioether (sulfide) groups is 1. The van der Waals surface area contributed by atoms with Crippen LogP contribution in [0.4, 0.5) is 0 Å². The van der Waals surface area contributed by atoms with Gasteiger partial charge in [-0.05, 0) is 41.5 Å². The quantitative estimate of drug-likeness (QED) is 0.329. The van der Waals surface area contributed by atoms with Crippen molar-refractivity contribution in [3.05, 3.63) is 101 Å². The molecule has 0 aromatic heterocycles. The van der Waals surface area contributed by atoms with E-state index in [2.05, 4.69) is 4.99 Å². The van der Waals surface area contributed by atoms with Crippen LogP contribution in [0.2, 0.25) is 0 Å². The van der Waals surface area contributed by atoms with Crippen LogP contribution in [-0.4, -0.2) is 42.1 Å². The van der Waals surface area contributed by atoms with Crippen LogP contribution in [0, 0.1) is 5.41 Å². The predicted octanol–water partition coefficient (Wildman–Crippen LogP) is 5.46. The summed E-state index contributed by atoms with van der Waals surface area (Å²) in [7, 11) is 1.60. The van der Waals surface area contributed by atoms with Crippen molar-refractivity contribution in [3.8, 4) is 17.2 Å². The van der Waals surface area contributed by atoms with E-state index in [0.717, 1.165) is 16.8 Å². The number of para-hydroxylation sites is 2. The summed E-state index contributed by atoms with van der Waals surface area (Å²) in [5, 5.41) is 11.2. The van der Waals surface area contributed by atoms with Crippen LogP contribution in [0.15, 0.2) is 94.8 Å². The molecule has 1 amide bonds. The predicted molar refractivity (Wildman–Crippen MR) is 142 cm³/mol. The Kier molecular flexibility index (Phi) is 6.86. The number of amides is 1. The first-order chi connectivity index (χ1) is 17.6. The Hall–Kier alpha value is -4.30. The zero-order valence-electron chi connectivity index (χ0n) is 19.5. The van der Waals surface area contributed by atoms with Crippen molar-refractivity contribution in [1.82, 2.24) is 4.90 Å². The van der Waals surface area contributed by atoms with E-state index in [1.54, 1.807) is 18.1 Å². The molecule has 1 N–H and O–H groups in total. The molecule has 0 saturated heterocycles. The van der Waals surface area contributed by atoms with Crippen LogP contribution < -0.4 is 14.2 Å². The number of rotatable bonds is 8. The van der Waals surface area contributed by atoms with Gasteiger partial charge >= 0.3 is 0 Å². The molecule has 5 rings (SSSR count). The number of aliphatic imine (C=N–C) groups is 1. The van der Waals surface area contributed by atoms with Gasteiger partial charge in [0.15, 0.2) is 16.7 Å². The molecule has 0 aliphatic carbocycles. The van der Waals surface area contributed by atoms with Crippen molar-refractivity contribution >= 4 is 40.4 Å². The first-order valence-electron chi connectivity index (χ1n) is 11.3. The fourth-order valence-corrected chi connectivity index (χ4v) is 4.68. The van der Waals surface area contributed by atoms with Crippen molar-refractivity contribution in [2.24, 2.45) is 4.99 Å². The standard InChI is InChI=1S/C28H23N3O4S/c1-33-24-9-5-6-10-25(24)35-16-15-34-21-13-11-19(12-14-21)17-22-26(29)31-23(20-7-3-2-4-8-20)18-36-28(31)30-27(22)32/h2-14,17-18,29H,15-16H2,1H3/b22-17-,29-26?. The molecule has 2 heterocycles. The van der Waals surface area contributed by atoms with E-state index < -0.39 is 5.91 Å². The zero-order valence-corrected chi connectivity index (χ0v) is 20.3. The highest BCUT2D eigenvalue weighted by Crippen LogP contribution is 2.37. The molecular formula is C28H23N3O4S. The molecule has 0 fully saturated rings. The summed E-state index contributed by atoms with van der Waals surface area (Å²) in [5.74, 6) is 1.70. The molecule has 8 heteroatoms. The van der Waals surface area contributed by atoms with Gasteiger partial charge in [0.2, 0.25) is 0 Å². The topological polar surface area (TPSA) is 84.2 Å². The second-order valence-electron chi connectivity index (χ2n) is 7.85. The van der Waals surface area contributed by atoms with Crippen LogP contribution in [0.3, 0.4) is 0 Å². The molecule has 36 heavy (non-hydrogen) atoms. The number of hydrogen-bond donors (Lipinski definition) is 1. The van der Waals surface area contributed by atoms with E-state index in [4.69, 9.17) is 19.6 Å². The Morgan fingerprint density at radius 1 is 0.917 bits per heavy atom. The molecular weight excluding hydrogens is 474 g/mol. The van der Waals surface area contributed by atoms with Crippen molar-refractivity contribution in [1.29, 1.82) is 5.41 Å². The van der Waals surface area contributed by atoms with Gasteiger partial charge in [0.1, 0.15) is 24.8 Å². The van der Waals surface area contributed by atoms with E-state index in [1.807, 2.05) is 84.3 Å². The largest absolute Gasteiger partial charge is 0.493 e. The minimum absolute atomic E-state index is 0.110. The Morgan fingerprint density at radius 2 is 1.61 bits per heavy atom. The normalized spacial score (nSPS) is 15.9. The molecule has 0 radical (unpaired) electrons. The molecule has 0 spiro atoms. The maximum atomic E-state index is 12.7. The molecule has 180 valence electrons. The number of nitrogens with one attached hydrogen (secondary N) is 1. The number of nitrogens with zero attached hydrogens (tertiary/aromatic N) is 2. The number of methoxy groups -OCH3 is 1. The van der Waals surface area contributed by atoms with Gasteiger partial charge < -0.3 is 14.2 Å². The second kappa shape index (κ2) is 10.5. The van der Waals surface area contributed by atoms with E-state index in [9.17, 15) is 4.79 Å². The monoisotopic (exact) mass is 497 g/mol.